The van der Waals surface area contributed by atoms with Crippen LogP contribution in [0.3, 0.4) is 0 Å². The van der Waals surface area contributed by atoms with Gasteiger partial charge in [-0.1, -0.05) is 12.1 Å². The fraction of sp³-hybridized carbons (Fsp3) is 0.238. The highest BCUT2D eigenvalue weighted by Gasteiger charge is 2.24. The van der Waals surface area contributed by atoms with Gasteiger partial charge < -0.3 is 15.0 Å². The minimum absolute atomic E-state index is 0.0642. The number of benzene rings is 2. The number of hydrogen-bond donors (Lipinski definition) is 1. The zero-order valence-electron chi connectivity index (χ0n) is 15.4. The van der Waals surface area contributed by atoms with Gasteiger partial charge >= 0.3 is 6.03 Å². The number of ether oxygens (including phenoxy) is 1. The molecule has 0 atom stereocenters. The molecule has 138 valence electrons. The largest absolute Gasteiger partial charge is 0.497 e. The summed E-state index contributed by atoms with van der Waals surface area (Å²) in [6.07, 6.45) is 0.781. The Kier molecular flexibility index (Phi) is 4.81. The molecule has 0 bridgehead atoms. The number of aryl methyl sites for hydroxylation is 1. The highest BCUT2D eigenvalue weighted by Crippen LogP contribution is 2.32. The monoisotopic (exact) mass is 379 g/mol. The van der Waals surface area contributed by atoms with E-state index in [1.165, 1.54) is 0 Å². The van der Waals surface area contributed by atoms with Crippen molar-refractivity contribution in [3.8, 4) is 16.3 Å². The summed E-state index contributed by atoms with van der Waals surface area (Å²) < 4.78 is 5.21. The van der Waals surface area contributed by atoms with E-state index in [9.17, 15) is 4.79 Å². The van der Waals surface area contributed by atoms with Crippen molar-refractivity contribution >= 4 is 23.1 Å². The molecular weight excluding hydrogens is 358 g/mol. The highest BCUT2D eigenvalue weighted by molar-refractivity contribution is 7.15. The fourth-order valence-electron chi connectivity index (χ4n) is 3.15. The number of rotatable bonds is 3. The number of anilines is 1. The van der Waals surface area contributed by atoms with Crippen molar-refractivity contribution in [3.05, 3.63) is 64.7 Å². The van der Waals surface area contributed by atoms with Crippen molar-refractivity contribution < 1.29 is 9.53 Å². The number of carbonyl (C=O) groups is 1. The molecule has 0 saturated carbocycles. The summed E-state index contributed by atoms with van der Waals surface area (Å²) in [5, 5.41) is 3.98. The Morgan fingerprint density at radius 3 is 2.78 bits per heavy atom. The molecule has 0 spiro atoms. The van der Waals surface area contributed by atoms with Crippen LogP contribution in [0.5, 0.6) is 5.75 Å². The van der Waals surface area contributed by atoms with Crippen molar-refractivity contribution in [3.63, 3.8) is 0 Å². The molecule has 6 heteroatoms. The van der Waals surface area contributed by atoms with Gasteiger partial charge in [-0.2, -0.15) is 0 Å². The van der Waals surface area contributed by atoms with E-state index in [1.54, 1.807) is 18.4 Å². The van der Waals surface area contributed by atoms with E-state index in [-0.39, 0.29) is 6.03 Å². The van der Waals surface area contributed by atoms with Crippen molar-refractivity contribution in [1.29, 1.82) is 0 Å². The first-order valence-corrected chi connectivity index (χ1v) is 9.69. The molecule has 2 heterocycles. The average molecular weight is 379 g/mol. The van der Waals surface area contributed by atoms with Gasteiger partial charge in [-0.05, 0) is 48.9 Å². The van der Waals surface area contributed by atoms with Gasteiger partial charge in [0.15, 0.2) is 0 Å². The molecule has 3 aromatic rings. The van der Waals surface area contributed by atoms with Gasteiger partial charge in [-0.25, -0.2) is 9.78 Å². The Balaban J connectivity index is 1.48. The van der Waals surface area contributed by atoms with E-state index in [4.69, 9.17) is 9.72 Å². The molecule has 0 aliphatic carbocycles. The van der Waals surface area contributed by atoms with Crippen LogP contribution in [-0.2, 0) is 13.0 Å². The topological polar surface area (TPSA) is 54.5 Å². The van der Waals surface area contributed by atoms with E-state index in [0.29, 0.717) is 13.1 Å². The smallest absolute Gasteiger partial charge is 0.322 e. The second-order valence-corrected chi connectivity index (χ2v) is 7.67. The third kappa shape index (κ3) is 3.80. The van der Waals surface area contributed by atoms with E-state index in [2.05, 4.69) is 5.32 Å². The molecule has 5 nitrogen and oxygen atoms in total. The number of amides is 2. The van der Waals surface area contributed by atoms with Gasteiger partial charge in [0.05, 0.1) is 19.3 Å². The van der Waals surface area contributed by atoms with E-state index < -0.39 is 0 Å². The van der Waals surface area contributed by atoms with E-state index in [1.807, 2.05) is 60.4 Å². The molecule has 27 heavy (non-hydrogen) atoms. The Labute approximate surface area is 162 Å². The maximum atomic E-state index is 12.6. The lowest BCUT2D eigenvalue weighted by Gasteiger charge is -2.26. The van der Waals surface area contributed by atoms with Crippen molar-refractivity contribution in [2.24, 2.45) is 0 Å². The van der Waals surface area contributed by atoms with Crippen LogP contribution in [0.4, 0.5) is 10.5 Å². The molecule has 1 N–H and O–H groups in total. The van der Waals surface area contributed by atoms with Gasteiger partial charge in [-0.3, -0.25) is 0 Å². The van der Waals surface area contributed by atoms with Crippen LogP contribution in [0.15, 0.2) is 48.5 Å². The van der Waals surface area contributed by atoms with E-state index in [0.717, 1.165) is 44.6 Å². The standard InChI is InChI=1S/C21H21N3O2S/c1-14-4-3-5-16(12-14)22-21(25)24-11-10-18-19(13-24)27-20(23-18)15-6-8-17(26-2)9-7-15/h3-9,12H,10-11,13H2,1-2H3,(H,22,25). The lowest BCUT2D eigenvalue weighted by Crippen LogP contribution is -2.38. The van der Waals surface area contributed by atoms with Crippen molar-refractivity contribution in [2.45, 2.75) is 19.9 Å². The third-order valence-electron chi connectivity index (χ3n) is 4.62. The maximum absolute atomic E-state index is 12.6. The molecule has 2 aromatic carbocycles. The number of hydrogen-bond acceptors (Lipinski definition) is 4. The first-order valence-electron chi connectivity index (χ1n) is 8.88. The SMILES string of the molecule is COc1ccc(-c2nc3c(s2)CN(C(=O)Nc2cccc(C)c2)CC3)cc1. The van der Waals surface area contributed by atoms with Gasteiger partial charge in [0.25, 0.3) is 0 Å². The summed E-state index contributed by atoms with van der Waals surface area (Å²) in [6.45, 7) is 3.29. The average Bonchev–Trinajstić information content (AvgIpc) is 3.11. The third-order valence-corrected chi connectivity index (χ3v) is 5.76. The van der Waals surface area contributed by atoms with Gasteiger partial charge in [0, 0.05) is 29.1 Å². The number of nitrogens with one attached hydrogen (secondary N) is 1. The van der Waals surface area contributed by atoms with Crippen LogP contribution in [0.2, 0.25) is 0 Å². The van der Waals surface area contributed by atoms with Gasteiger partial charge in [-0.15, -0.1) is 11.3 Å². The van der Waals surface area contributed by atoms with Gasteiger partial charge in [0.1, 0.15) is 10.8 Å². The van der Waals surface area contributed by atoms with Crippen LogP contribution in [0.1, 0.15) is 16.1 Å². The van der Waals surface area contributed by atoms with Crippen LogP contribution < -0.4 is 10.1 Å². The summed E-state index contributed by atoms with van der Waals surface area (Å²) in [5.41, 5.74) is 4.13. The Hall–Kier alpha value is -2.86. The normalized spacial score (nSPS) is 13.2. The molecule has 0 radical (unpaired) electrons. The predicted molar refractivity (Wildman–Crippen MR) is 108 cm³/mol. The lowest BCUT2D eigenvalue weighted by molar-refractivity contribution is 0.207. The zero-order chi connectivity index (χ0) is 18.8. The summed E-state index contributed by atoms with van der Waals surface area (Å²) in [4.78, 5) is 20.4. The Bertz CT molecular complexity index is 966. The Morgan fingerprint density at radius 2 is 2.04 bits per heavy atom. The predicted octanol–water partition coefficient (Wildman–Crippen LogP) is 4.72. The number of thiazole rings is 1. The van der Waals surface area contributed by atoms with Crippen LogP contribution in [0, 0.1) is 6.92 Å². The maximum Gasteiger partial charge on any atom is 0.322 e. The van der Waals surface area contributed by atoms with E-state index >= 15 is 0 Å². The molecule has 0 unspecified atom stereocenters. The first kappa shape index (κ1) is 17.5. The number of aromatic nitrogens is 1. The number of carbonyl (C=O) groups excluding carboxylic acids is 1. The quantitative estimate of drug-likeness (QED) is 0.716. The first-order chi connectivity index (χ1) is 13.1. The second-order valence-electron chi connectivity index (χ2n) is 6.59. The summed E-state index contributed by atoms with van der Waals surface area (Å²) in [5.74, 6) is 0.832. The lowest BCUT2D eigenvalue weighted by atomic mass is 10.2. The second kappa shape index (κ2) is 7.40. The van der Waals surface area contributed by atoms with Crippen molar-refractivity contribution in [1.82, 2.24) is 9.88 Å². The molecule has 0 fully saturated rings. The number of methoxy groups -OCH3 is 1. The molecule has 1 aromatic heterocycles. The molecule has 1 aliphatic rings. The summed E-state index contributed by atoms with van der Waals surface area (Å²) >= 11 is 1.66. The minimum Gasteiger partial charge on any atom is -0.497 e. The molecule has 2 amide bonds. The zero-order valence-corrected chi connectivity index (χ0v) is 16.2. The summed E-state index contributed by atoms with van der Waals surface area (Å²) in [6, 6.07) is 15.7. The van der Waals surface area contributed by atoms with Crippen LogP contribution in [-0.4, -0.2) is 29.6 Å². The van der Waals surface area contributed by atoms with Crippen LogP contribution >= 0.6 is 11.3 Å². The minimum atomic E-state index is -0.0642. The van der Waals surface area contributed by atoms with Crippen molar-refractivity contribution in [2.75, 3.05) is 19.0 Å². The molecule has 1 aliphatic heterocycles. The molecular formula is C21H21N3O2S. The molecule has 0 saturated heterocycles. The highest BCUT2D eigenvalue weighted by atomic mass is 32.1. The Morgan fingerprint density at radius 1 is 1.22 bits per heavy atom. The summed E-state index contributed by atoms with van der Waals surface area (Å²) in [7, 11) is 1.66. The molecule has 4 rings (SSSR count). The van der Waals surface area contributed by atoms with Gasteiger partial charge in [0.2, 0.25) is 0 Å². The fourth-order valence-corrected chi connectivity index (χ4v) is 4.28. The van der Waals surface area contributed by atoms with Crippen LogP contribution in [0.25, 0.3) is 10.6 Å². The number of urea groups is 1. The number of fused-ring (bicyclic) bond motifs is 1. The number of nitrogens with zero attached hydrogens (tertiary/aromatic N) is 2.